The molecule has 0 atom stereocenters. The Hall–Kier alpha value is -0.650. The van der Waals surface area contributed by atoms with Crippen molar-refractivity contribution in [1.82, 2.24) is 5.06 Å². The molecule has 0 unspecified atom stereocenters. The quantitative estimate of drug-likeness (QED) is 0.493. The van der Waals surface area contributed by atoms with Crippen molar-refractivity contribution >= 4 is 5.91 Å². The zero-order valence-corrected chi connectivity index (χ0v) is 6.62. The van der Waals surface area contributed by atoms with Crippen molar-refractivity contribution in [3.63, 3.8) is 0 Å². The van der Waals surface area contributed by atoms with E-state index in [-0.39, 0.29) is 19.1 Å². The lowest BCUT2D eigenvalue weighted by Gasteiger charge is -2.18. The van der Waals surface area contributed by atoms with Gasteiger partial charge in [0, 0.05) is 13.5 Å². The summed E-state index contributed by atoms with van der Waals surface area (Å²) < 4.78 is 0. The fourth-order valence-corrected chi connectivity index (χ4v) is 0.581. The highest BCUT2D eigenvalue weighted by Crippen LogP contribution is 1.89. The summed E-state index contributed by atoms with van der Waals surface area (Å²) in [6, 6.07) is 0. The molecule has 5 nitrogen and oxygen atoms in total. The highest BCUT2D eigenvalue weighted by Gasteiger charge is 2.06. The number of aliphatic hydroxyl groups excluding tert-OH is 1. The van der Waals surface area contributed by atoms with Crippen LogP contribution >= 0.6 is 0 Å². The van der Waals surface area contributed by atoms with Crippen LogP contribution in [-0.4, -0.2) is 42.4 Å². The van der Waals surface area contributed by atoms with Crippen LogP contribution in [0.5, 0.6) is 0 Å². The third kappa shape index (κ3) is 4.72. The first-order valence-electron chi connectivity index (χ1n) is 3.44. The van der Waals surface area contributed by atoms with Gasteiger partial charge in [-0.1, -0.05) is 0 Å². The van der Waals surface area contributed by atoms with Gasteiger partial charge in [-0.15, -0.1) is 0 Å². The first kappa shape index (κ1) is 10.3. The van der Waals surface area contributed by atoms with Crippen molar-refractivity contribution in [1.29, 1.82) is 0 Å². The third-order valence-corrected chi connectivity index (χ3v) is 1.02. The Morgan fingerprint density at radius 3 is 2.73 bits per heavy atom. The molecule has 3 N–H and O–H groups in total. The summed E-state index contributed by atoms with van der Waals surface area (Å²) in [6.45, 7) is 2.11. The summed E-state index contributed by atoms with van der Waals surface area (Å²) in [5.41, 5.74) is 5.20. The lowest BCUT2D eigenvalue weighted by atomic mass is 10.6. The van der Waals surface area contributed by atoms with E-state index in [1.165, 1.54) is 6.92 Å². The van der Waals surface area contributed by atoms with Gasteiger partial charge in [0.15, 0.2) is 0 Å². The van der Waals surface area contributed by atoms with Crippen molar-refractivity contribution in [2.45, 2.75) is 6.92 Å². The highest BCUT2D eigenvalue weighted by atomic mass is 16.7. The van der Waals surface area contributed by atoms with Gasteiger partial charge in [-0.2, -0.15) is 0 Å². The Bertz CT molecular complexity index is 118. The Morgan fingerprint density at radius 1 is 1.73 bits per heavy atom. The number of hydroxylamine groups is 2. The van der Waals surface area contributed by atoms with Crippen LogP contribution < -0.4 is 5.73 Å². The Balaban J connectivity index is 3.60. The molecule has 0 spiro atoms. The number of carbonyl (C=O) groups is 1. The van der Waals surface area contributed by atoms with Crippen molar-refractivity contribution in [3.8, 4) is 0 Å². The first-order chi connectivity index (χ1) is 5.22. The van der Waals surface area contributed by atoms with Crippen LogP contribution in [0.25, 0.3) is 0 Å². The van der Waals surface area contributed by atoms with Crippen LogP contribution in [0.2, 0.25) is 0 Å². The molecule has 0 bridgehead atoms. The minimum absolute atomic E-state index is 0.103. The van der Waals surface area contributed by atoms with Crippen LogP contribution in [-0.2, 0) is 9.63 Å². The number of rotatable bonds is 5. The Kier molecular flexibility index (Phi) is 5.73. The zero-order chi connectivity index (χ0) is 8.69. The van der Waals surface area contributed by atoms with Gasteiger partial charge in [-0.3, -0.25) is 9.63 Å². The lowest BCUT2D eigenvalue weighted by Crippen LogP contribution is -2.34. The molecule has 0 aliphatic rings. The standard InChI is InChI=1S/C6H14N2O3/c1-6(10)8(3-2-7)11-5-4-9/h9H,2-5,7H2,1H3. The molecule has 0 aromatic rings. The van der Waals surface area contributed by atoms with Crippen molar-refractivity contribution in [2.75, 3.05) is 26.3 Å². The molecule has 0 saturated heterocycles. The van der Waals surface area contributed by atoms with E-state index in [1.54, 1.807) is 0 Å². The molecule has 0 aliphatic carbocycles. The fraction of sp³-hybridized carbons (Fsp3) is 0.833. The highest BCUT2D eigenvalue weighted by molar-refractivity contribution is 5.71. The second kappa shape index (κ2) is 6.09. The third-order valence-electron chi connectivity index (χ3n) is 1.02. The maximum absolute atomic E-state index is 10.7. The van der Waals surface area contributed by atoms with Crippen LogP contribution in [0.15, 0.2) is 0 Å². The van der Waals surface area contributed by atoms with E-state index in [0.29, 0.717) is 13.1 Å². The summed E-state index contributed by atoms with van der Waals surface area (Å²) in [5.74, 6) is -0.205. The molecular formula is C6H14N2O3. The molecular weight excluding hydrogens is 148 g/mol. The van der Waals surface area contributed by atoms with Crippen LogP contribution in [0, 0.1) is 0 Å². The van der Waals surface area contributed by atoms with Crippen molar-refractivity contribution < 1.29 is 14.7 Å². The molecule has 0 rings (SSSR count). The number of hydrogen-bond donors (Lipinski definition) is 2. The smallest absolute Gasteiger partial charge is 0.243 e. The van der Waals surface area contributed by atoms with Gasteiger partial charge in [-0.05, 0) is 0 Å². The van der Waals surface area contributed by atoms with Crippen molar-refractivity contribution in [2.24, 2.45) is 5.73 Å². The molecule has 0 heterocycles. The fourth-order valence-electron chi connectivity index (χ4n) is 0.581. The van der Waals surface area contributed by atoms with Gasteiger partial charge in [0.2, 0.25) is 5.91 Å². The molecule has 0 fully saturated rings. The predicted octanol–water partition coefficient (Wildman–Crippen LogP) is -1.28. The lowest BCUT2D eigenvalue weighted by molar-refractivity contribution is -0.186. The average molecular weight is 162 g/mol. The van der Waals surface area contributed by atoms with Crippen LogP contribution in [0.4, 0.5) is 0 Å². The maximum atomic E-state index is 10.7. The Labute approximate surface area is 65.7 Å². The first-order valence-corrected chi connectivity index (χ1v) is 3.44. The van der Waals surface area contributed by atoms with Gasteiger partial charge in [0.25, 0.3) is 0 Å². The van der Waals surface area contributed by atoms with Crippen LogP contribution in [0.3, 0.4) is 0 Å². The number of nitrogens with two attached hydrogens (primary N) is 1. The summed E-state index contributed by atoms with van der Waals surface area (Å²) in [7, 11) is 0. The molecule has 11 heavy (non-hydrogen) atoms. The van der Waals surface area contributed by atoms with E-state index in [2.05, 4.69) is 0 Å². The number of aliphatic hydroxyl groups is 1. The molecule has 0 aromatic heterocycles. The van der Waals surface area contributed by atoms with Gasteiger partial charge in [0.05, 0.1) is 19.8 Å². The number of hydrogen-bond acceptors (Lipinski definition) is 4. The molecule has 5 heteroatoms. The van der Waals surface area contributed by atoms with E-state index >= 15 is 0 Å². The molecule has 0 aromatic carbocycles. The van der Waals surface area contributed by atoms with E-state index in [9.17, 15) is 4.79 Å². The normalized spacial score (nSPS) is 9.73. The molecule has 66 valence electrons. The second-order valence-corrected chi connectivity index (χ2v) is 1.97. The number of carbonyl (C=O) groups excluding carboxylic acids is 1. The average Bonchev–Trinajstić information content (AvgIpc) is 1.97. The largest absolute Gasteiger partial charge is 0.394 e. The molecule has 0 saturated carbocycles. The van der Waals surface area contributed by atoms with Gasteiger partial charge in [-0.25, -0.2) is 5.06 Å². The van der Waals surface area contributed by atoms with E-state index < -0.39 is 0 Å². The summed E-state index contributed by atoms with van der Waals surface area (Å²) in [6.07, 6.45) is 0. The maximum Gasteiger partial charge on any atom is 0.243 e. The topological polar surface area (TPSA) is 75.8 Å². The summed E-state index contributed by atoms with van der Waals surface area (Å²) in [4.78, 5) is 15.6. The summed E-state index contributed by atoms with van der Waals surface area (Å²) >= 11 is 0. The molecule has 1 amide bonds. The van der Waals surface area contributed by atoms with E-state index in [0.717, 1.165) is 5.06 Å². The Morgan fingerprint density at radius 2 is 2.36 bits per heavy atom. The SMILES string of the molecule is CC(=O)N(CCN)OCCO. The second-order valence-electron chi connectivity index (χ2n) is 1.97. The minimum atomic E-state index is -0.205. The molecule has 0 radical (unpaired) electrons. The van der Waals surface area contributed by atoms with E-state index in [1.807, 2.05) is 0 Å². The van der Waals surface area contributed by atoms with Gasteiger partial charge >= 0.3 is 0 Å². The van der Waals surface area contributed by atoms with E-state index in [4.69, 9.17) is 15.7 Å². The van der Waals surface area contributed by atoms with Gasteiger partial charge < -0.3 is 10.8 Å². The van der Waals surface area contributed by atoms with Gasteiger partial charge in [0.1, 0.15) is 0 Å². The number of nitrogens with zero attached hydrogens (tertiary/aromatic N) is 1. The monoisotopic (exact) mass is 162 g/mol. The minimum Gasteiger partial charge on any atom is -0.394 e. The van der Waals surface area contributed by atoms with Crippen molar-refractivity contribution in [3.05, 3.63) is 0 Å². The summed E-state index contributed by atoms with van der Waals surface area (Å²) in [5, 5.41) is 9.51. The zero-order valence-electron chi connectivity index (χ0n) is 6.62. The number of amides is 1. The predicted molar refractivity (Wildman–Crippen MR) is 39.5 cm³/mol. The van der Waals surface area contributed by atoms with Crippen LogP contribution in [0.1, 0.15) is 6.92 Å². The molecule has 0 aliphatic heterocycles.